The van der Waals surface area contributed by atoms with Gasteiger partial charge in [0.1, 0.15) is 17.2 Å². The third kappa shape index (κ3) is 6.38. The summed E-state index contributed by atoms with van der Waals surface area (Å²) in [7, 11) is 0. The topological polar surface area (TPSA) is 90.8 Å². The van der Waals surface area contributed by atoms with E-state index in [0.29, 0.717) is 32.2 Å². The van der Waals surface area contributed by atoms with Crippen molar-refractivity contribution in [1.29, 1.82) is 0 Å². The van der Waals surface area contributed by atoms with E-state index in [2.05, 4.69) is 15.2 Å². The number of aliphatic hydroxyl groups excluding tert-OH is 1. The number of aromatic nitrogens is 2. The maximum atomic E-state index is 12.4. The highest BCUT2D eigenvalue weighted by atomic mass is 16.6. The molecular formula is C26H37N5O3. The van der Waals surface area contributed by atoms with E-state index in [9.17, 15) is 9.90 Å². The van der Waals surface area contributed by atoms with Crippen LogP contribution in [-0.2, 0) is 11.3 Å². The SMILES string of the molecule is CC(C)(C)OC(=O)N1CCN(c2cc(CO)cc(-c3ccnc(NC4CCCCC4)c3)n2)CC1. The van der Waals surface area contributed by atoms with Gasteiger partial charge in [-0.1, -0.05) is 19.3 Å². The highest BCUT2D eigenvalue weighted by molar-refractivity contribution is 5.69. The first-order valence-electron chi connectivity index (χ1n) is 12.4. The van der Waals surface area contributed by atoms with Gasteiger partial charge in [0, 0.05) is 44.0 Å². The van der Waals surface area contributed by atoms with Crippen LogP contribution in [0.15, 0.2) is 30.5 Å². The second-order valence-corrected chi connectivity index (χ2v) is 10.2. The molecule has 1 aliphatic heterocycles. The summed E-state index contributed by atoms with van der Waals surface area (Å²) in [5.74, 6) is 1.68. The van der Waals surface area contributed by atoms with Crippen molar-refractivity contribution >= 4 is 17.7 Å². The van der Waals surface area contributed by atoms with Gasteiger partial charge in [0.15, 0.2) is 0 Å². The summed E-state index contributed by atoms with van der Waals surface area (Å²) in [5, 5.41) is 13.5. The molecule has 1 amide bonds. The Morgan fingerprint density at radius 3 is 2.53 bits per heavy atom. The van der Waals surface area contributed by atoms with Crippen LogP contribution >= 0.6 is 0 Å². The van der Waals surface area contributed by atoms with Crippen LogP contribution in [0.5, 0.6) is 0 Å². The molecule has 0 bridgehead atoms. The molecule has 2 N–H and O–H groups in total. The lowest BCUT2D eigenvalue weighted by atomic mass is 9.95. The Morgan fingerprint density at radius 1 is 1.12 bits per heavy atom. The number of nitrogens with zero attached hydrogens (tertiary/aromatic N) is 4. The minimum absolute atomic E-state index is 0.0569. The minimum atomic E-state index is -0.505. The normalized spacial score (nSPS) is 17.5. The molecule has 2 aromatic rings. The first-order chi connectivity index (χ1) is 16.3. The predicted octanol–water partition coefficient (Wildman–Crippen LogP) is 4.44. The number of hydrogen-bond acceptors (Lipinski definition) is 7. The Morgan fingerprint density at radius 2 is 1.85 bits per heavy atom. The number of nitrogens with one attached hydrogen (secondary N) is 1. The summed E-state index contributed by atoms with van der Waals surface area (Å²) in [4.78, 5) is 25.7. The van der Waals surface area contributed by atoms with Crippen molar-refractivity contribution in [2.45, 2.75) is 71.1 Å². The molecule has 2 aromatic heterocycles. The minimum Gasteiger partial charge on any atom is -0.444 e. The molecule has 1 aliphatic carbocycles. The van der Waals surface area contributed by atoms with Crippen molar-refractivity contribution in [3.8, 4) is 11.3 Å². The molecule has 34 heavy (non-hydrogen) atoms. The van der Waals surface area contributed by atoms with E-state index < -0.39 is 5.60 Å². The van der Waals surface area contributed by atoms with E-state index in [1.807, 2.05) is 51.2 Å². The van der Waals surface area contributed by atoms with Crippen LogP contribution in [0.1, 0.15) is 58.4 Å². The number of pyridine rings is 2. The average Bonchev–Trinajstić information content (AvgIpc) is 2.83. The lowest BCUT2D eigenvalue weighted by molar-refractivity contribution is 0.0240. The second-order valence-electron chi connectivity index (χ2n) is 10.2. The van der Waals surface area contributed by atoms with Gasteiger partial charge in [-0.3, -0.25) is 0 Å². The molecule has 0 spiro atoms. The van der Waals surface area contributed by atoms with Crippen molar-refractivity contribution in [3.63, 3.8) is 0 Å². The van der Waals surface area contributed by atoms with Crippen LogP contribution in [-0.4, -0.2) is 63.9 Å². The number of carbonyl (C=O) groups excluding carboxylic acids is 1. The van der Waals surface area contributed by atoms with E-state index >= 15 is 0 Å². The number of amides is 1. The second kappa shape index (κ2) is 10.6. The number of ether oxygens (including phenoxy) is 1. The maximum Gasteiger partial charge on any atom is 0.410 e. The molecule has 0 aromatic carbocycles. The lowest BCUT2D eigenvalue weighted by Gasteiger charge is -2.36. The highest BCUT2D eigenvalue weighted by Gasteiger charge is 2.26. The summed E-state index contributed by atoms with van der Waals surface area (Å²) in [6, 6.07) is 8.34. The molecule has 2 fully saturated rings. The van der Waals surface area contributed by atoms with Gasteiger partial charge in [0.2, 0.25) is 0 Å². The first-order valence-corrected chi connectivity index (χ1v) is 12.4. The van der Waals surface area contributed by atoms with Gasteiger partial charge >= 0.3 is 6.09 Å². The summed E-state index contributed by atoms with van der Waals surface area (Å²) >= 11 is 0. The standard InChI is InChI=1S/C26H37N5O3/c1-26(2,3)34-25(33)31-13-11-30(12-14-31)24-16-19(18-32)15-22(29-24)20-9-10-27-23(17-20)28-21-7-5-4-6-8-21/h9-10,15-17,21,32H,4-8,11-14,18H2,1-3H3,(H,27,28). The maximum absolute atomic E-state index is 12.4. The van der Waals surface area contributed by atoms with E-state index in [0.717, 1.165) is 28.5 Å². The van der Waals surface area contributed by atoms with Gasteiger partial charge < -0.3 is 25.0 Å². The summed E-state index contributed by atoms with van der Waals surface area (Å²) < 4.78 is 5.51. The quantitative estimate of drug-likeness (QED) is 0.672. The Kier molecular flexibility index (Phi) is 7.56. The van der Waals surface area contributed by atoms with Crippen LogP contribution < -0.4 is 10.2 Å². The van der Waals surface area contributed by atoms with Gasteiger partial charge in [-0.15, -0.1) is 0 Å². The number of hydrogen-bond donors (Lipinski definition) is 2. The molecule has 2 aliphatic rings. The summed E-state index contributed by atoms with van der Waals surface area (Å²) in [5.41, 5.74) is 2.09. The van der Waals surface area contributed by atoms with Crippen LogP contribution in [0.25, 0.3) is 11.3 Å². The number of piperazine rings is 1. The van der Waals surface area contributed by atoms with Crippen molar-refractivity contribution in [1.82, 2.24) is 14.9 Å². The fourth-order valence-electron chi connectivity index (χ4n) is 4.54. The number of carbonyl (C=O) groups is 1. The van der Waals surface area contributed by atoms with Crippen molar-refractivity contribution in [3.05, 3.63) is 36.0 Å². The molecule has 3 heterocycles. The van der Waals surface area contributed by atoms with E-state index in [4.69, 9.17) is 9.72 Å². The van der Waals surface area contributed by atoms with Crippen LogP contribution in [0, 0.1) is 0 Å². The fourth-order valence-corrected chi connectivity index (χ4v) is 4.54. The molecule has 0 unspecified atom stereocenters. The zero-order chi connectivity index (χ0) is 24.1. The molecular weight excluding hydrogens is 430 g/mol. The van der Waals surface area contributed by atoms with Crippen LogP contribution in [0.2, 0.25) is 0 Å². The lowest BCUT2D eigenvalue weighted by Crippen LogP contribution is -2.50. The Balaban J connectivity index is 1.47. The molecule has 0 radical (unpaired) electrons. The van der Waals surface area contributed by atoms with Crippen molar-refractivity contribution in [2.75, 3.05) is 36.4 Å². The first kappa shape index (κ1) is 24.3. The van der Waals surface area contributed by atoms with Crippen LogP contribution in [0.3, 0.4) is 0 Å². The largest absolute Gasteiger partial charge is 0.444 e. The molecule has 184 valence electrons. The smallest absolute Gasteiger partial charge is 0.410 e. The average molecular weight is 468 g/mol. The molecule has 1 saturated carbocycles. The number of anilines is 2. The zero-order valence-corrected chi connectivity index (χ0v) is 20.6. The molecule has 4 rings (SSSR count). The van der Waals surface area contributed by atoms with E-state index in [1.54, 1.807) is 4.90 Å². The van der Waals surface area contributed by atoms with Gasteiger partial charge in [-0.25, -0.2) is 14.8 Å². The summed E-state index contributed by atoms with van der Waals surface area (Å²) in [6.45, 7) is 8.03. The van der Waals surface area contributed by atoms with Gasteiger partial charge in [0.25, 0.3) is 0 Å². The van der Waals surface area contributed by atoms with Gasteiger partial charge in [0.05, 0.1) is 12.3 Å². The Bertz CT molecular complexity index is 977. The Hall–Kier alpha value is -2.87. The summed E-state index contributed by atoms with van der Waals surface area (Å²) in [6.07, 6.45) is 7.75. The number of aliphatic hydroxyl groups is 1. The third-order valence-corrected chi connectivity index (χ3v) is 6.32. The highest BCUT2D eigenvalue weighted by Crippen LogP contribution is 2.27. The number of rotatable bonds is 5. The predicted molar refractivity (Wildman–Crippen MR) is 134 cm³/mol. The van der Waals surface area contributed by atoms with E-state index in [1.165, 1.54) is 32.1 Å². The third-order valence-electron chi connectivity index (χ3n) is 6.32. The van der Waals surface area contributed by atoms with Crippen molar-refractivity contribution < 1.29 is 14.6 Å². The van der Waals surface area contributed by atoms with Crippen molar-refractivity contribution in [2.24, 2.45) is 0 Å². The van der Waals surface area contributed by atoms with Crippen LogP contribution in [0.4, 0.5) is 16.4 Å². The van der Waals surface area contributed by atoms with Gasteiger partial charge in [-0.05, 0) is 63.4 Å². The monoisotopic (exact) mass is 467 g/mol. The molecule has 1 saturated heterocycles. The van der Waals surface area contributed by atoms with E-state index in [-0.39, 0.29) is 12.7 Å². The van der Waals surface area contributed by atoms with Gasteiger partial charge in [-0.2, -0.15) is 0 Å². The zero-order valence-electron chi connectivity index (χ0n) is 20.6. The molecule has 8 nitrogen and oxygen atoms in total. The Labute approximate surface area is 202 Å². The molecule has 8 heteroatoms. The molecule has 0 atom stereocenters. The fraction of sp³-hybridized carbons (Fsp3) is 0.577.